The number of aryl methyl sites for hydroxylation is 2. The van der Waals surface area contributed by atoms with Crippen LogP contribution in [0.25, 0.3) is 22.6 Å². The molecule has 0 N–H and O–H groups in total. The van der Waals surface area contributed by atoms with Crippen LogP contribution in [0.2, 0.25) is 0 Å². The summed E-state index contributed by atoms with van der Waals surface area (Å²) in [6.45, 7) is 5.98. The van der Waals surface area contributed by atoms with E-state index in [2.05, 4.69) is 25.0 Å². The van der Waals surface area contributed by atoms with Crippen LogP contribution >= 0.6 is 0 Å². The molecule has 150 valence electrons. The van der Waals surface area contributed by atoms with Crippen LogP contribution in [0, 0.1) is 19.7 Å². The van der Waals surface area contributed by atoms with E-state index in [1.165, 1.54) is 12.3 Å². The Labute approximate surface area is 168 Å². The number of likely N-dealkylation sites (N-methyl/N-ethyl adjacent to an activating group) is 1. The van der Waals surface area contributed by atoms with Crippen molar-refractivity contribution in [2.24, 2.45) is 0 Å². The molecule has 4 aromatic heterocycles. The van der Waals surface area contributed by atoms with Crippen molar-refractivity contribution < 1.29 is 4.39 Å². The lowest BCUT2D eigenvalue weighted by Gasteiger charge is -2.09. The Kier molecular flexibility index (Phi) is 5.06. The molecule has 0 spiro atoms. The number of aromatic nitrogens is 7. The maximum atomic E-state index is 13.8. The fourth-order valence-electron chi connectivity index (χ4n) is 3.27. The molecule has 0 amide bonds. The summed E-state index contributed by atoms with van der Waals surface area (Å²) in [6.07, 6.45) is 6.65. The summed E-state index contributed by atoms with van der Waals surface area (Å²) in [5, 5.41) is 4.45. The summed E-state index contributed by atoms with van der Waals surface area (Å²) in [5.74, 6) is 0.870. The van der Waals surface area contributed by atoms with Gasteiger partial charge < -0.3 is 9.47 Å². The van der Waals surface area contributed by atoms with Gasteiger partial charge in [0.05, 0.1) is 31.2 Å². The molecule has 0 atom stereocenters. The molecule has 0 saturated carbocycles. The molecule has 4 rings (SSSR count). The molecular formula is C20H23FN8. The molecule has 0 fully saturated rings. The van der Waals surface area contributed by atoms with Gasteiger partial charge in [0.15, 0.2) is 5.65 Å². The first-order valence-corrected chi connectivity index (χ1v) is 9.39. The third kappa shape index (κ3) is 4.00. The van der Waals surface area contributed by atoms with E-state index < -0.39 is 5.82 Å². The Bertz CT molecular complexity index is 1160. The molecule has 0 bridgehead atoms. The van der Waals surface area contributed by atoms with E-state index in [0.717, 1.165) is 30.0 Å². The number of nitrogens with zero attached hydrogens (tertiary/aromatic N) is 8. The van der Waals surface area contributed by atoms with Crippen molar-refractivity contribution in [3.8, 4) is 11.4 Å². The predicted octanol–water partition coefficient (Wildman–Crippen LogP) is 2.45. The first-order valence-electron chi connectivity index (χ1n) is 9.39. The Morgan fingerprint density at radius 3 is 2.66 bits per heavy atom. The number of fused-ring (bicyclic) bond motifs is 1. The average molecular weight is 394 g/mol. The zero-order valence-electron chi connectivity index (χ0n) is 17.0. The van der Waals surface area contributed by atoms with Gasteiger partial charge in [-0.15, -0.1) is 0 Å². The van der Waals surface area contributed by atoms with Crippen LogP contribution in [0.4, 0.5) is 4.39 Å². The SMILES string of the molecule is Cc1nc(C)c2nc(-c3cncc(F)c3)n(Cc3cnn(CCN(C)C)c3)c2n1. The molecule has 0 aliphatic rings. The quantitative estimate of drug-likeness (QED) is 0.500. The van der Waals surface area contributed by atoms with Crippen molar-refractivity contribution in [3.63, 3.8) is 0 Å². The first kappa shape index (κ1) is 19.1. The van der Waals surface area contributed by atoms with Crippen LogP contribution in [0.1, 0.15) is 17.1 Å². The lowest BCUT2D eigenvalue weighted by atomic mass is 10.2. The van der Waals surface area contributed by atoms with Gasteiger partial charge in [0, 0.05) is 30.1 Å². The van der Waals surface area contributed by atoms with Crippen LogP contribution in [-0.2, 0) is 13.1 Å². The van der Waals surface area contributed by atoms with Crippen LogP contribution in [0.15, 0.2) is 30.9 Å². The van der Waals surface area contributed by atoms with E-state index in [9.17, 15) is 4.39 Å². The smallest absolute Gasteiger partial charge is 0.164 e. The standard InChI is InChI=1S/C20H23FN8/c1-13-18-20(25-14(2)24-13)29(19(26-18)16-7-17(21)10-22-9-16)12-15-8-23-28(11-15)6-5-27(3)4/h7-11H,5-6,12H2,1-4H3. The lowest BCUT2D eigenvalue weighted by Crippen LogP contribution is -2.18. The average Bonchev–Trinajstić information content (AvgIpc) is 3.26. The lowest BCUT2D eigenvalue weighted by molar-refractivity contribution is 0.373. The number of imidazole rings is 1. The monoisotopic (exact) mass is 394 g/mol. The van der Waals surface area contributed by atoms with Gasteiger partial charge in [0.1, 0.15) is 23.0 Å². The topological polar surface area (TPSA) is 77.5 Å². The normalized spacial score (nSPS) is 11.7. The van der Waals surface area contributed by atoms with Crippen molar-refractivity contribution in [3.05, 3.63) is 53.8 Å². The summed E-state index contributed by atoms with van der Waals surface area (Å²) in [4.78, 5) is 19.8. The first-order chi connectivity index (χ1) is 13.9. The second-order valence-electron chi connectivity index (χ2n) is 7.36. The van der Waals surface area contributed by atoms with Gasteiger partial charge in [-0.3, -0.25) is 9.67 Å². The highest BCUT2D eigenvalue weighted by Crippen LogP contribution is 2.26. The third-order valence-corrected chi connectivity index (χ3v) is 4.65. The second kappa shape index (κ2) is 7.67. The van der Waals surface area contributed by atoms with Crippen molar-refractivity contribution in [2.75, 3.05) is 20.6 Å². The molecule has 4 aromatic rings. The van der Waals surface area contributed by atoms with Gasteiger partial charge >= 0.3 is 0 Å². The summed E-state index contributed by atoms with van der Waals surface area (Å²) in [6, 6.07) is 1.43. The van der Waals surface area contributed by atoms with Gasteiger partial charge in [-0.1, -0.05) is 0 Å². The highest BCUT2D eigenvalue weighted by atomic mass is 19.1. The number of halogens is 1. The van der Waals surface area contributed by atoms with E-state index in [-0.39, 0.29) is 0 Å². The Balaban J connectivity index is 1.78. The van der Waals surface area contributed by atoms with Crippen molar-refractivity contribution in [1.82, 2.24) is 39.2 Å². The summed E-state index contributed by atoms with van der Waals surface area (Å²) >= 11 is 0. The molecule has 0 radical (unpaired) electrons. The zero-order valence-corrected chi connectivity index (χ0v) is 17.0. The Morgan fingerprint density at radius 1 is 1.07 bits per heavy atom. The molecular weight excluding hydrogens is 371 g/mol. The minimum atomic E-state index is -0.406. The molecule has 0 aromatic carbocycles. The van der Waals surface area contributed by atoms with Crippen molar-refractivity contribution in [1.29, 1.82) is 0 Å². The Hall–Kier alpha value is -3.20. The van der Waals surface area contributed by atoms with Gasteiger partial charge in [0.2, 0.25) is 0 Å². The van der Waals surface area contributed by atoms with E-state index in [1.54, 1.807) is 6.20 Å². The van der Waals surface area contributed by atoms with Crippen molar-refractivity contribution in [2.45, 2.75) is 26.9 Å². The molecule has 0 aliphatic heterocycles. The minimum absolute atomic E-state index is 0.406. The third-order valence-electron chi connectivity index (χ3n) is 4.65. The van der Waals surface area contributed by atoms with Crippen LogP contribution in [-0.4, -0.2) is 59.8 Å². The van der Waals surface area contributed by atoms with Gasteiger partial charge in [-0.05, 0) is 34.0 Å². The molecule has 0 aliphatic carbocycles. The van der Waals surface area contributed by atoms with Gasteiger partial charge in [-0.25, -0.2) is 19.3 Å². The van der Waals surface area contributed by atoms with E-state index >= 15 is 0 Å². The molecule has 29 heavy (non-hydrogen) atoms. The second-order valence-corrected chi connectivity index (χ2v) is 7.36. The summed E-state index contributed by atoms with van der Waals surface area (Å²) < 4.78 is 17.7. The maximum absolute atomic E-state index is 13.8. The van der Waals surface area contributed by atoms with Crippen LogP contribution in [0.5, 0.6) is 0 Å². The van der Waals surface area contributed by atoms with E-state index in [4.69, 9.17) is 4.98 Å². The number of hydrogen-bond donors (Lipinski definition) is 0. The largest absolute Gasteiger partial charge is 0.308 e. The summed E-state index contributed by atoms with van der Waals surface area (Å²) in [5.41, 5.74) is 3.83. The van der Waals surface area contributed by atoms with Crippen molar-refractivity contribution >= 4 is 11.2 Å². The highest BCUT2D eigenvalue weighted by Gasteiger charge is 2.18. The molecule has 0 saturated heterocycles. The van der Waals surface area contributed by atoms with Gasteiger partial charge in [-0.2, -0.15) is 5.10 Å². The Morgan fingerprint density at radius 2 is 1.90 bits per heavy atom. The molecule has 8 nitrogen and oxygen atoms in total. The fraction of sp³-hybridized carbons (Fsp3) is 0.350. The number of rotatable bonds is 6. The van der Waals surface area contributed by atoms with Gasteiger partial charge in [0.25, 0.3) is 0 Å². The van der Waals surface area contributed by atoms with E-state index in [0.29, 0.717) is 29.3 Å². The zero-order chi connectivity index (χ0) is 20.5. The highest BCUT2D eigenvalue weighted by molar-refractivity contribution is 5.79. The number of pyridine rings is 1. The molecule has 0 unspecified atom stereocenters. The number of hydrogen-bond acceptors (Lipinski definition) is 6. The maximum Gasteiger partial charge on any atom is 0.164 e. The predicted molar refractivity (Wildman–Crippen MR) is 108 cm³/mol. The molecule has 9 heteroatoms. The van der Waals surface area contributed by atoms with E-state index in [1.807, 2.05) is 49.6 Å². The molecule has 4 heterocycles. The minimum Gasteiger partial charge on any atom is -0.308 e. The van der Waals surface area contributed by atoms with Crippen LogP contribution < -0.4 is 0 Å². The summed E-state index contributed by atoms with van der Waals surface area (Å²) in [7, 11) is 4.07. The fourth-order valence-corrected chi connectivity index (χ4v) is 3.27. The van der Waals surface area contributed by atoms with Crippen LogP contribution in [0.3, 0.4) is 0 Å².